The van der Waals surface area contributed by atoms with Gasteiger partial charge in [-0.2, -0.15) is 0 Å². The fourth-order valence-electron chi connectivity index (χ4n) is 5.10. The first-order chi connectivity index (χ1) is 19.1. The number of ether oxygens (including phenoxy) is 2. The second kappa shape index (κ2) is 9.37. The number of carbonyl (C=O) groups excluding carboxylic acids is 1. The van der Waals surface area contributed by atoms with Gasteiger partial charge in [-0.3, -0.25) is 4.90 Å². The summed E-state index contributed by atoms with van der Waals surface area (Å²) in [4.78, 5) is 28.9. The molecule has 202 valence electrons. The monoisotopic (exact) mass is 534 g/mol. The van der Waals surface area contributed by atoms with Gasteiger partial charge >= 0.3 is 6.09 Å². The Bertz CT molecular complexity index is 1770. The lowest BCUT2D eigenvalue weighted by atomic mass is 9.95. The maximum atomic E-state index is 13.6. The van der Waals surface area contributed by atoms with Gasteiger partial charge in [0.25, 0.3) is 0 Å². The van der Waals surface area contributed by atoms with Gasteiger partial charge in [-0.25, -0.2) is 19.7 Å². The van der Waals surface area contributed by atoms with Gasteiger partial charge in [0.05, 0.1) is 17.6 Å². The van der Waals surface area contributed by atoms with Gasteiger partial charge < -0.3 is 19.8 Å². The molecule has 9 nitrogen and oxygen atoms in total. The van der Waals surface area contributed by atoms with E-state index in [1.165, 1.54) is 6.33 Å². The molecule has 1 aliphatic heterocycles. The molecule has 0 unspecified atom stereocenters. The fraction of sp³-hybridized carbons (Fsp3) is 0.226. The number of hydrogen-bond donors (Lipinski definition) is 1. The van der Waals surface area contributed by atoms with E-state index in [1.54, 1.807) is 4.90 Å². The first kappa shape index (κ1) is 25.4. The quantitative estimate of drug-likeness (QED) is 0.259. The van der Waals surface area contributed by atoms with E-state index < -0.39 is 11.7 Å². The van der Waals surface area contributed by atoms with Crippen molar-refractivity contribution in [2.24, 2.45) is 7.05 Å². The predicted molar refractivity (Wildman–Crippen MR) is 155 cm³/mol. The first-order valence-corrected chi connectivity index (χ1v) is 13.0. The molecular weight excluding hydrogens is 504 g/mol. The molecule has 3 aromatic heterocycles. The van der Waals surface area contributed by atoms with Crippen LogP contribution in [0.4, 0.5) is 16.3 Å². The lowest BCUT2D eigenvalue weighted by Crippen LogP contribution is -2.37. The van der Waals surface area contributed by atoms with E-state index >= 15 is 0 Å². The molecule has 40 heavy (non-hydrogen) atoms. The number of hydrogen-bond acceptors (Lipinski definition) is 7. The van der Waals surface area contributed by atoms with Crippen LogP contribution in [0.15, 0.2) is 67.0 Å². The second-order valence-electron chi connectivity index (χ2n) is 10.9. The number of benzene rings is 2. The molecular formula is C31H30N6O3. The van der Waals surface area contributed by atoms with Crippen LogP contribution in [0.1, 0.15) is 32.0 Å². The Kier molecular flexibility index (Phi) is 5.94. The summed E-state index contributed by atoms with van der Waals surface area (Å²) in [7, 11) is 1.97. The van der Waals surface area contributed by atoms with Crippen LogP contribution in [0, 0.1) is 6.92 Å². The third-order valence-corrected chi connectivity index (χ3v) is 6.76. The Labute approximate surface area is 232 Å². The Hall–Kier alpha value is -4.92. The van der Waals surface area contributed by atoms with Crippen LogP contribution in [-0.2, 0) is 18.3 Å². The van der Waals surface area contributed by atoms with E-state index in [1.807, 2.05) is 100.0 Å². The summed E-state index contributed by atoms with van der Waals surface area (Å²) >= 11 is 0. The number of nitrogens with zero attached hydrogens (tertiary/aromatic N) is 5. The number of nitrogens with two attached hydrogens (primary N) is 1. The van der Waals surface area contributed by atoms with Crippen LogP contribution in [0.3, 0.4) is 0 Å². The highest BCUT2D eigenvalue weighted by Gasteiger charge is 2.34. The maximum absolute atomic E-state index is 13.6. The topological polar surface area (TPSA) is 108 Å². The van der Waals surface area contributed by atoms with Crippen molar-refractivity contribution in [2.45, 2.75) is 39.8 Å². The van der Waals surface area contributed by atoms with Crippen molar-refractivity contribution in [1.82, 2.24) is 19.5 Å². The molecule has 0 radical (unpaired) electrons. The van der Waals surface area contributed by atoms with Gasteiger partial charge in [0.2, 0.25) is 5.88 Å². The lowest BCUT2D eigenvalue weighted by Gasteiger charge is -2.26. The normalized spacial score (nSPS) is 12.7. The zero-order valence-electron chi connectivity index (χ0n) is 23.1. The van der Waals surface area contributed by atoms with Crippen molar-refractivity contribution < 1.29 is 14.3 Å². The zero-order chi connectivity index (χ0) is 28.2. The van der Waals surface area contributed by atoms with Crippen molar-refractivity contribution in [1.29, 1.82) is 0 Å². The summed E-state index contributed by atoms with van der Waals surface area (Å²) in [6.45, 7) is 7.69. The van der Waals surface area contributed by atoms with Crippen molar-refractivity contribution >= 4 is 28.6 Å². The summed E-state index contributed by atoms with van der Waals surface area (Å²) in [5.41, 5.74) is 12.2. The van der Waals surface area contributed by atoms with Crippen LogP contribution in [0.2, 0.25) is 0 Å². The van der Waals surface area contributed by atoms with Crippen molar-refractivity contribution in [2.75, 3.05) is 10.6 Å². The Balaban J connectivity index is 1.60. The number of amides is 1. The van der Waals surface area contributed by atoms with Crippen molar-refractivity contribution in [3.63, 3.8) is 0 Å². The molecule has 0 atom stereocenters. The molecule has 5 aromatic rings. The minimum atomic E-state index is -0.686. The molecule has 0 fully saturated rings. The number of aryl methyl sites for hydroxylation is 2. The van der Waals surface area contributed by atoms with Gasteiger partial charge in [-0.1, -0.05) is 24.3 Å². The van der Waals surface area contributed by atoms with Gasteiger partial charge in [-0.05, 0) is 74.7 Å². The first-order valence-electron chi connectivity index (χ1n) is 13.0. The van der Waals surface area contributed by atoms with Crippen LogP contribution >= 0.6 is 0 Å². The van der Waals surface area contributed by atoms with Gasteiger partial charge in [0.1, 0.15) is 23.3 Å². The molecule has 1 amide bonds. The Morgan fingerprint density at radius 3 is 2.52 bits per heavy atom. The number of rotatable bonds is 3. The van der Waals surface area contributed by atoms with E-state index in [9.17, 15) is 4.79 Å². The minimum Gasteiger partial charge on any atom is -0.443 e. The number of pyridine rings is 1. The van der Waals surface area contributed by atoms with E-state index in [-0.39, 0.29) is 6.54 Å². The smallest absolute Gasteiger partial charge is 0.416 e. The summed E-state index contributed by atoms with van der Waals surface area (Å²) in [5.74, 6) is 1.60. The highest BCUT2D eigenvalue weighted by Crippen LogP contribution is 2.47. The number of anilines is 2. The third kappa shape index (κ3) is 4.49. The molecule has 9 heteroatoms. The van der Waals surface area contributed by atoms with Crippen LogP contribution in [-0.4, -0.2) is 31.2 Å². The summed E-state index contributed by atoms with van der Waals surface area (Å²) < 4.78 is 14.0. The number of fused-ring (bicyclic) bond motifs is 2. The van der Waals surface area contributed by atoms with E-state index in [2.05, 4.69) is 15.0 Å². The highest BCUT2D eigenvalue weighted by molar-refractivity contribution is 6.12. The molecule has 0 saturated heterocycles. The van der Waals surface area contributed by atoms with Crippen molar-refractivity contribution in [3.8, 4) is 34.0 Å². The molecule has 0 bridgehead atoms. The number of aromatic nitrogens is 4. The largest absolute Gasteiger partial charge is 0.443 e. The zero-order valence-corrected chi connectivity index (χ0v) is 23.1. The molecule has 0 saturated carbocycles. The molecule has 0 spiro atoms. The van der Waals surface area contributed by atoms with E-state index in [0.29, 0.717) is 28.8 Å². The van der Waals surface area contributed by atoms with Gasteiger partial charge in [0, 0.05) is 30.1 Å². The summed E-state index contributed by atoms with van der Waals surface area (Å²) in [6, 6.07) is 19.3. The summed E-state index contributed by atoms with van der Waals surface area (Å²) in [5, 5.41) is 0.774. The van der Waals surface area contributed by atoms with Crippen LogP contribution in [0.5, 0.6) is 11.6 Å². The standard InChI is InChI=1S/C31H30N6O3/c1-18-7-6-8-24(35-18)39-22-13-14-23-20(15-22)16-37(30(38)40-31(2,3)4)29-26-25(23)27(19-9-11-21(32)12-10-19)36(5)28(26)33-17-34-29/h6-15,17H,16,32H2,1-5H3. The number of nitrogen functional groups attached to an aromatic ring is 1. The lowest BCUT2D eigenvalue weighted by molar-refractivity contribution is 0.0577. The molecule has 2 aromatic carbocycles. The predicted octanol–water partition coefficient (Wildman–Crippen LogP) is 6.64. The van der Waals surface area contributed by atoms with Gasteiger partial charge in [0.15, 0.2) is 5.82 Å². The van der Waals surface area contributed by atoms with Crippen molar-refractivity contribution in [3.05, 3.63) is 78.2 Å². The average molecular weight is 535 g/mol. The Morgan fingerprint density at radius 1 is 1.02 bits per heavy atom. The average Bonchev–Trinajstić information content (AvgIpc) is 3.10. The fourth-order valence-corrected chi connectivity index (χ4v) is 5.10. The third-order valence-electron chi connectivity index (χ3n) is 6.76. The molecule has 2 N–H and O–H groups in total. The Morgan fingerprint density at radius 2 is 1.80 bits per heavy atom. The molecule has 4 heterocycles. The van der Waals surface area contributed by atoms with Crippen LogP contribution < -0.4 is 15.4 Å². The highest BCUT2D eigenvalue weighted by atomic mass is 16.6. The summed E-state index contributed by atoms with van der Waals surface area (Å²) in [6.07, 6.45) is 0.996. The van der Waals surface area contributed by atoms with Crippen LogP contribution in [0.25, 0.3) is 33.4 Å². The minimum absolute atomic E-state index is 0.231. The number of carbonyl (C=O) groups is 1. The van der Waals surface area contributed by atoms with E-state index in [0.717, 1.165) is 39.0 Å². The van der Waals surface area contributed by atoms with Gasteiger partial charge in [-0.15, -0.1) is 0 Å². The molecule has 6 rings (SSSR count). The SMILES string of the molecule is Cc1cccc(Oc2ccc3c(c2)CN(C(=O)OC(C)(C)C)c2ncnc4c2c-3c(-c2ccc(N)cc2)n4C)n1. The molecule has 0 aliphatic carbocycles. The van der Waals surface area contributed by atoms with E-state index in [4.69, 9.17) is 15.2 Å². The maximum Gasteiger partial charge on any atom is 0.416 e. The molecule has 1 aliphatic rings. The second-order valence-corrected chi connectivity index (χ2v) is 10.9.